The van der Waals surface area contributed by atoms with Gasteiger partial charge >= 0.3 is 0 Å². The van der Waals surface area contributed by atoms with Crippen LogP contribution in [0.4, 0.5) is 0 Å². The van der Waals surface area contributed by atoms with Gasteiger partial charge in [-0.15, -0.1) is 0 Å². The van der Waals surface area contributed by atoms with Gasteiger partial charge in [-0.2, -0.15) is 0 Å². The fourth-order valence-electron chi connectivity index (χ4n) is 3.18. The Morgan fingerprint density at radius 3 is 2.16 bits per heavy atom. The number of hydrogen-bond acceptors (Lipinski definition) is 3. The zero-order valence-corrected chi connectivity index (χ0v) is 12.8. The van der Waals surface area contributed by atoms with Crippen LogP contribution in [-0.2, 0) is 4.79 Å². The predicted octanol–water partition coefficient (Wildman–Crippen LogP) is 1.13. The molecule has 1 amide bonds. The Labute approximate surface area is 117 Å². The first kappa shape index (κ1) is 14.8. The van der Waals surface area contributed by atoms with Gasteiger partial charge in [-0.25, -0.2) is 0 Å². The molecule has 0 aromatic heterocycles. The van der Waals surface area contributed by atoms with Gasteiger partial charge in [0.15, 0.2) is 0 Å². The van der Waals surface area contributed by atoms with Crippen molar-refractivity contribution in [1.82, 2.24) is 14.7 Å². The molecular formula is C15H29N3O. The van der Waals surface area contributed by atoms with E-state index < -0.39 is 0 Å². The highest BCUT2D eigenvalue weighted by Gasteiger charge is 2.29. The van der Waals surface area contributed by atoms with Crippen LogP contribution >= 0.6 is 0 Å². The lowest BCUT2D eigenvalue weighted by molar-refractivity contribution is -0.138. The maximum absolute atomic E-state index is 12.5. The summed E-state index contributed by atoms with van der Waals surface area (Å²) in [5.74, 6) is 1.42. The summed E-state index contributed by atoms with van der Waals surface area (Å²) in [7, 11) is 2.14. The topological polar surface area (TPSA) is 26.8 Å². The first-order chi connectivity index (χ1) is 9.06. The van der Waals surface area contributed by atoms with Crippen molar-refractivity contribution in [3.05, 3.63) is 0 Å². The van der Waals surface area contributed by atoms with E-state index >= 15 is 0 Å². The summed E-state index contributed by atoms with van der Waals surface area (Å²) < 4.78 is 0. The second-order valence-electron chi connectivity index (χ2n) is 6.60. The molecule has 0 N–H and O–H groups in total. The minimum Gasteiger partial charge on any atom is -0.340 e. The molecular weight excluding hydrogens is 238 g/mol. The summed E-state index contributed by atoms with van der Waals surface area (Å²) in [6.07, 6.45) is 2.09. The first-order valence-corrected chi connectivity index (χ1v) is 7.76. The zero-order valence-electron chi connectivity index (χ0n) is 12.8. The zero-order chi connectivity index (χ0) is 13.8. The van der Waals surface area contributed by atoms with Crippen molar-refractivity contribution in [3.8, 4) is 0 Å². The van der Waals surface area contributed by atoms with E-state index in [0.717, 1.165) is 64.6 Å². The number of amides is 1. The summed E-state index contributed by atoms with van der Waals surface area (Å²) in [5.41, 5.74) is 0. The van der Waals surface area contributed by atoms with Crippen LogP contribution in [0.1, 0.15) is 26.7 Å². The van der Waals surface area contributed by atoms with Gasteiger partial charge in [-0.3, -0.25) is 9.69 Å². The van der Waals surface area contributed by atoms with Gasteiger partial charge < -0.3 is 9.80 Å². The van der Waals surface area contributed by atoms with Crippen LogP contribution in [0.3, 0.4) is 0 Å². The highest BCUT2D eigenvalue weighted by molar-refractivity contribution is 5.79. The number of hydrogen-bond donors (Lipinski definition) is 0. The van der Waals surface area contributed by atoms with Gasteiger partial charge in [0.05, 0.1) is 0 Å². The Balaban J connectivity index is 1.76. The largest absolute Gasteiger partial charge is 0.340 e. The lowest BCUT2D eigenvalue weighted by Gasteiger charge is -2.38. The highest BCUT2D eigenvalue weighted by Crippen LogP contribution is 2.19. The number of rotatable bonds is 3. The van der Waals surface area contributed by atoms with Crippen molar-refractivity contribution >= 4 is 5.91 Å². The van der Waals surface area contributed by atoms with E-state index in [-0.39, 0.29) is 5.92 Å². The van der Waals surface area contributed by atoms with Crippen LogP contribution in [0.25, 0.3) is 0 Å². The Hall–Kier alpha value is -0.610. The van der Waals surface area contributed by atoms with Gasteiger partial charge in [0.2, 0.25) is 5.91 Å². The lowest BCUT2D eigenvalue weighted by atomic mass is 9.95. The normalized spacial score (nSPS) is 24.1. The van der Waals surface area contributed by atoms with Crippen LogP contribution in [0.2, 0.25) is 0 Å². The van der Waals surface area contributed by atoms with Crippen molar-refractivity contribution < 1.29 is 4.79 Å². The molecule has 4 heteroatoms. The van der Waals surface area contributed by atoms with E-state index in [1.165, 1.54) is 0 Å². The number of piperazine rings is 1. The van der Waals surface area contributed by atoms with E-state index in [1.807, 2.05) is 0 Å². The third-order valence-electron chi connectivity index (χ3n) is 4.38. The van der Waals surface area contributed by atoms with Crippen LogP contribution in [0.15, 0.2) is 0 Å². The second-order valence-corrected chi connectivity index (χ2v) is 6.60. The lowest BCUT2D eigenvalue weighted by Crippen LogP contribution is -2.52. The average molecular weight is 267 g/mol. The molecule has 2 aliphatic rings. The van der Waals surface area contributed by atoms with E-state index in [1.54, 1.807) is 0 Å². The third kappa shape index (κ3) is 4.18. The number of carbonyl (C=O) groups is 1. The molecule has 2 rings (SSSR count). The summed E-state index contributed by atoms with van der Waals surface area (Å²) in [6, 6.07) is 0. The van der Waals surface area contributed by atoms with Gasteiger partial charge in [0.25, 0.3) is 0 Å². The van der Waals surface area contributed by atoms with Gasteiger partial charge in [0, 0.05) is 38.6 Å². The SMILES string of the molecule is CC(C)CN1CCN(C(=O)C2CCN(C)CC2)CC1. The molecule has 110 valence electrons. The summed E-state index contributed by atoms with van der Waals surface area (Å²) in [6.45, 7) is 11.8. The third-order valence-corrected chi connectivity index (χ3v) is 4.38. The van der Waals surface area contributed by atoms with Crippen LogP contribution in [-0.4, -0.2) is 73.5 Å². The van der Waals surface area contributed by atoms with Gasteiger partial charge in [-0.1, -0.05) is 13.8 Å². The number of piperidine rings is 1. The van der Waals surface area contributed by atoms with E-state index in [9.17, 15) is 4.79 Å². The fraction of sp³-hybridized carbons (Fsp3) is 0.933. The molecule has 4 nitrogen and oxygen atoms in total. The average Bonchev–Trinajstić information content (AvgIpc) is 2.39. The summed E-state index contributed by atoms with van der Waals surface area (Å²) in [5, 5.41) is 0. The van der Waals surface area contributed by atoms with Crippen LogP contribution < -0.4 is 0 Å². The Kier molecular flexibility index (Phi) is 5.22. The maximum Gasteiger partial charge on any atom is 0.225 e. The predicted molar refractivity (Wildman–Crippen MR) is 78.1 cm³/mol. The molecule has 0 unspecified atom stereocenters. The number of likely N-dealkylation sites (tertiary alicyclic amines) is 1. The Morgan fingerprint density at radius 2 is 1.63 bits per heavy atom. The molecule has 2 saturated heterocycles. The molecule has 0 radical (unpaired) electrons. The standard InChI is InChI=1S/C15H29N3O/c1-13(2)12-17-8-10-18(11-9-17)15(19)14-4-6-16(3)7-5-14/h13-14H,4-12H2,1-3H3. The van der Waals surface area contributed by atoms with Crippen molar-refractivity contribution in [1.29, 1.82) is 0 Å². The highest BCUT2D eigenvalue weighted by atomic mass is 16.2. The molecule has 0 saturated carbocycles. The summed E-state index contributed by atoms with van der Waals surface area (Å²) >= 11 is 0. The Bertz CT molecular complexity index is 290. The molecule has 0 atom stereocenters. The van der Waals surface area contributed by atoms with Gasteiger partial charge in [-0.05, 0) is 38.9 Å². The van der Waals surface area contributed by atoms with Gasteiger partial charge in [0.1, 0.15) is 0 Å². The van der Waals surface area contributed by atoms with Crippen molar-refractivity contribution in [2.75, 3.05) is 52.9 Å². The van der Waals surface area contributed by atoms with Crippen LogP contribution in [0.5, 0.6) is 0 Å². The van der Waals surface area contributed by atoms with Crippen molar-refractivity contribution in [2.24, 2.45) is 11.8 Å². The minimum atomic E-state index is 0.285. The minimum absolute atomic E-state index is 0.285. The second kappa shape index (κ2) is 6.71. The smallest absolute Gasteiger partial charge is 0.225 e. The molecule has 19 heavy (non-hydrogen) atoms. The molecule has 0 spiro atoms. The molecule has 2 heterocycles. The van der Waals surface area contributed by atoms with E-state index in [4.69, 9.17) is 0 Å². The first-order valence-electron chi connectivity index (χ1n) is 7.76. The maximum atomic E-state index is 12.5. The number of nitrogens with zero attached hydrogens (tertiary/aromatic N) is 3. The molecule has 0 bridgehead atoms. The molecule has 2 fully saturated rings. The monoisotopic (exact) mass is 267 g/mol. The number of carbonyl (C=O) groups excluding carboxylic acids is 1. The van der Waals surface area contributed by atoms with Crippen molar-refractivity contribution in [3.63, 3.8) is 0 Å². The molecule has 0 aromatic rings. The Morgan fingerprint density at radius 1 is 1.05 bits per heavy atom. The quantitative estimate of drug-likeness (QED) is 0.767. The van der Waals surface area contributed by atoms with Crippen LogP contribution in [0, 0.1) is 11.8 Å². The molecule has 2 aliphatic heterocycles. The summed E-state index contributed by atoms with van der Waals surface area (Å²) in [4.78, 5) is 19.4. The fourth-order valence-corrected chi connectivity index (χ4v) is 3.18. The molecule has 0 aromatic carbocycles. The van der Waals surface area contributed by atoms with Crippen molar-refractivity contribution in [2.45, 2.75) is 26.7 Å². The van der Waals surface area contributed by atoms with E-state index in [0.29, 0.717) is 5.91 Å². The van der Waals surface area contributed by atoms with E-state index in [2.05, 4.69) is 35.6 Å². The molecule has 0 aliphatic carbocycles.